The van der Waals surface area contributed by atoms with Crippen LogP contribution in [-0.4, -0.2) is 30.0 Å². The van der Waals surface area contributed by atoms with E-state index in [0.29, 0.717) is 18.9 Å². The molecule has 7 heteroatoms. The van der Waals surface area contributed by atoms with Gasteiger partial charge in [-0.1, -0.05) is 0 Å². The average molecular weight is 296 g/mol. The van der Waals surface area contributed by atoms with Crippen molar-refractivity contribution in [3.8, 4) is 0 Å². The first-order valence-corrected chi connectivity index (χ1v) is 7.06. The van der Waals surface area contributed by atoms with Gasteiger partial charge in [0.25, 0.3) is 0 Å². The van der Waals surface area contributed by atoms with Gasteiger partial charge in [-0.25, -0.2) is 0 Å². The molecule has 1 saturated heterocycles. The van der Waals surface area contributed by atoms with E-state index in [-0.39, 0.29) is 6.04 Å². The molecule has 0 aromatic heterocycles. The van der Waals surface area contributed by atoms with Crippen molar-refractivity contribution in [1.29, 1.82) is 0 Å². The standard InChI is InChI=1S/C14H17FN2O4/c15-12-2-1-11(9-13(12)17(18)19)16-10-3-5-14(6-4-10)20-7-8-21-14/h1-2,9-10,16H,3-8H2. The highest BCUT2D eigenvalue weighted by molar-refractivity contribution is 5.52. The lowest BCUT2D eigenvalue weighted by Crippen LogP contribution is -2.39. The van der Waals surface area contributed by atoms with Crippen LogP contribution in [0.15, 0.2) is 18.2 Å². The molecule has 0 amide bonds. The number of nitro groups is 1. The predicted molar refractivity (Wildman–Crippen MR) is 73.6 cm³/mol. The molecule has 1 spiro atoms. The molecular formula is C14H17FN2O4. The second kappa shape index (κ2) is 5.57. The number of nitro benzene ring substituents is 1. The van der Waals surface area contributed by atoms with Crippen molar-refractivity contribution in [2.24, 2.45) is 0 Å². The van der Waals surface area contributed by atoms with Crippen LogP contribution >= 0.6 is 0 Å². The maximum Gasteiger partial charge on any atom is 0.306 e. The molecule has 0 radical (unpaired) electrons. The SMILES string of the molecule is O=[N+]([O-])c1cc(NC2CCC3(CC2)OCCO3)ccc1F. The van der Waals surface area contributed by atoms with Crippen LogP contribution in [0.25, 0.3) is 0 Å². The van der Waals surface area contributed by atoms with Crippen LogP contribution in [0.2, 0.25) is 0 Å². The summed E-state index contributed by atoms with van der Waals surface area (Å²) in [5.41, 5.74) is 0.0621. The highest BCUT2D eigenvalue weighted by atomic mass is 19.1. The van der Waals surface area contributed by atoms with E-state index in [9.17, 15) is 14.5 Å². The van der Waals surface area contributed by atoms with E-state index in [1.165, 1.54) is 12.1 Å². The Morgan fingerprint density at radius 2 is 1.95 bits per heavy atom. The second-order valence-corrected chi connectivity index (χ2v) is 5.45. The summed E-state index contributed by atoms with van der Waals surface area (Å²) in [5, 5.41) is 14.0. The third-order valence-corrected chi connectivity index (χ3v) is 4.07. The fraction of sp³-hybridized carbons (Fsp3) is 0.571. The van der Waals surface area contributed by atoms with Gasteiger partial charge in [-0.3, -0.25) is 10.1 Å². The number of hydrogen-bond acceptors (Lipinski definition) is 5. The Morgan fingerprint density at radius 3 is 2.57 bits per heavy atom. The van der Waals surface area contributed by atoms with E-state index in [2.05, 4.69) is 5.32 Å². The normalized spacial score (nSPS) is 21.6. The molecule has 1 saturated carbocycles. The first-order valence-electron chi connectivity index (χ1n) is 7.06. The molecule has 1 aliphatic carbocycles. The van der Waals surface area contributed by atoms with Crippen LogP contribution in [0.1, 0.15) is 25.7 Å². The quantitative estimate of drug-likeness (QED) is 0.686. The Balaban J connectivity index is 1.63. The minimum atomic E-state index is -0.819. The van der Waals surface area contributed by atoms with Gasteiger partial charge < -0.3 is 14.8 Å². The van der Waals surface area contributed by atoms with E-state index in [4.69, 9.17) is 9.47 Å². The Morgan fingerprint density at radius 1 is 1.29 bits per heavy atom. The molecule has 21 heavy (non-hydrogen) atoms. The third kappa shape index (κ3) is 2.98. The molecule has 3 rings (SSSR count). The number of benzene rings is 1. The van der Waals surface area contributed by atoms with Gasteiger partial charge >= 0.3 is 5.69 Å². The maximum atomic E-state index is 13.3. The number of anilines is 1. The highest BCUT2D eigenvalue weighted by Crippen LogP contribution is 2.36. The summed E-state index contributed by atoms with van der Waals surface area (Å²) in [6, 6.07) is 4.07. The van der Waals surface area contributed by atoms with Gasteiger partial charge in [0.2, 0.25) is 5.82 Å². The number of hydrogen-bond donors (Lipinski definition) is 1. The van der Waals surface area contributed by atoms with E-state index >= 15 is 0 Å². The van der Waals surface area contributed by atoms with Crippen molar-refractivity contribution < 1.29 is 18.8 Å². The lowest BCUT2D eigenvalue weighted by Gasteiger charge is -2.35. The molecule has 0 unspecified atom stereocenters. The largest absolute Gasteiger partial charge is 0.382 e. The van der Waals surface area contributed by atoms with E-state index < -0.39 is 22.2 Å². The Labute approximate surface area is 121 Å². The fourth-order valence-corrected chi connectivity index (χ4v) is 2.97. The summed E-state index contributed by atoms with van der Waals surface area (Å²) in [4.78, 5) is 10.0. The van der Waals surface area contributed by atoms with Gasteiger partial charge in [-0.15, -0.1) is 0 Å². The van der Waals surface area contributed by atoms with Crippen molar-refractivity contribution >= 4 is 11.4 Å². The lowest BCUT2D eigenvalue weighted by atomic mass is 9.90. The molecule has 2 fully saturated rings. The molecule has 1 aliphatic heterocycles. The molecule has 1 aromatic carbocycles. The van der Waals surface area contributed by atoms with Crippen LogP contribution in [0.5, 0.6) is 0 Å². The number of nitrogens with zero attached hydrogens (tertiary/aromatic N) is 1. The van der Waals surface area contributed by atoms with Crippen LogP contribution < -0.4 is 5.32 Å². The van der Waals surface area contributed by atoms with Gasteiger partial charge in [-0.05, 0) is 25.0 Å². The van der Waals surface area contributed by atoms with Crippen molar-refractivity contribution in [1.82, 2.24) is 0 Å². The first kappa shape index (κ1) is 14.2. The second-order valence-electron chi connectivity index (χ2n) is 5.45. The van der Waals surface area contributed by atoms with Crippen LogP contribution in [0, 0.1) is 15.9 Å². The van der Waals surface area contributed by atoms with E-state index in [1.807, 2.05) is 0 Å². The van der Waals surface area contributed by atoms with Crippen LogP contribution in [-0.2, 0) is 9.47 Å². The summed E-state index contributed by atoms with van der Waals surface area (Å²) >= 11 is 0. The zero-order valence-electron chi connectivity index (χ0n) is 11.5. The average Bonchev–Trinajstić information content (AvgIpc) is 2.92. The van der Waals surface area contributed by atoms with E-state index in [1.54, 1.807) is 0 Å². The van der Waals surface area contributed by atoms with Crippen molar-refractivity contribution in [3.63, 3.8) is 0 Å². The molecule has 0 atom stereocenters. The predicted octanol–water partition coefficient (Wildman–Crippen LogP) is 2.83. The minimum Gasteiger partial charge on any atom is -0.382 e. The number of ether oxygens (including phenoxy) is 2. The maximum absolute atomic E-state index is 13.3. The molecule has 114 valence electrons. The van der Waals surface area contributed by atoms with Crippen molar-refractivity contribution in [2.75, 3.05) is 18.5 Å². The van der Waals surface area contributed by atoms with Crippen molar-refractivity contribution in [2.45, 2.75) is 37.5 Å². The van der Waals surface area contributed by atoms with Gasteiger partial charge in [0, 0.05) is 30.6 Å². The minimum absolute atomic E-state index is 0.188. The molecular weight excluding hydrogens is 279 g/mol. The molecule has 1 N–H and O–H groups in total. The Hall–Kier alpha value is -1.73. The zero-order chi connectivity index (χ0) is 14.9. The van der Waals surface area contributed by atoms with Crippen molar-refractivity contribution in [3.05, 3.63) is 34.1 Å². The molecule has 0 bridgehead atoms. The summed E-state index contributed by atoms with van der Waals surface area (Å²) in [6.45, 7) is 1.28. The molecule has 1 heterocycles. The van der Waals surface area contributed by atoms with Crippen LogP contribution in [0.3, 0.4) is 0 Å². The summed E-state index contributed by atoms with van der Waals surface area (Å²) < 4.78 is 24.6. The van der Waals surface area contributed by atoms with Gasteiger partial charge in [0.1, 0.15) is 0 Å². The number of nitrogens with one attached hydrogen (secondary N) is 1. The molecule has 6 nitrogen and oxygen atoms in total. The van der Waals surface area contributed by atoms with Gasteiger partial charge in [0.15, 0.2) is 5.79 Å². The molecule has 2 aliphatic rings. The highest BCUT2D eigenvalue weighted by Gasteiger charge is 2.40. The van der Waals surface area contributed by atoms with Gasteiger partial charge in [-0.2, -0.15) is 4.39 Å². The third-order valence-electron chi connectivity index (χ3n) is 4.07. The Bertz CT molecular complexity index is 536. The summed E-state index contributed by atoms with van der Waals surface area (Å²) in [5.74, 6) is -1.24. The van der Waals surface area contributed by atoms with Crippen LogP contribution in [0.4, 0.5) is 15.8 Å². The number of halogens is 1. The molecule has 1 aromatic rings. The lowest BCUT2D eigenvalue weighted by molar-refractivity contribution is -0.387. The van der Waals surface area contributed by atoms with E-state index in [0.717, 1.165) is 31.7 Å². The summed E-state index contributed by atoms with van der Waals surface area (Å²) in [6.07, 6.45) is 3.30. The van der Waals surface area contributed by atoms with Gasteiger partial charge in [0.05, 0.1) is 18.1 Å². The first-order chi connectivity index (χ1) is 10.1. The number of rotatable bonds is 3. The fourth-order valence-electron chi connectivity index (χ4n) is 2.97. The topological polar surface area (TPSA) is 73.6 Å². The zero-order valence-corrected chi connectivity index (χ0v) is 11.5. The Kier molecular flexibility index (Phi) is 3.77. The smallest absolute Gasteiger partial charge is 0.306 e. The summed E-state index contributed by atoms with van der Waals surface area (Å²) in [7, 11) is 0. The monoisotopic (exact) mass is 296 g/mol.